The van der Waals surface area contributed by atoms with E-state index in [0.29, 0.717) is 30.7 Å². The lowest BCUT2D eigenvalue weighted by molar-refractivity contribution is -0.154. The molecule has 0 bridgehead atoms. The van der Waals surface area contributed by atoms with Crippen molar-refractivity contribution in [3.8, 4) is 0 Å². The van der Waals surface area contributed by atoms with Crippen molar-refractivity contribution in [1.29, 1.82) is 0 Å². The fourth-order valence-corrected chi connectivity index (χ4v) is 5.40. The number of sulfonamides is 1. The van der Waals surface area contributed by atoms with Crippen LogP contribution in [0.1, 0.15) is 55.9 Å². The minimum Gasteiger partial charge on any atom is -0.460 e. The number of esters is 1. The molecule has 8 heteroatoms. The van der Waals surface area contributed by atoms with E-state index in [1.807, 2.05) is 32.9 Å². The van der Waals surface area contributed by atoms with Crippen molar-refractivity contribution in [3.05, 3.63) is 63.7 Å². The van der Waals surface area contributed by atoms with Crippen LogP contribution in [-0.2, 0) is 45.4 Å². The van der Waals surface area contributed by atoms with E-state index >= 15 is 0 Å². The maximum atomic E-state index is 12.8. The Bertz CT molecular complexity index is 1070. The summed E-state index contributed by atoms with van der Waals surface area (Å²) in [4.78, 5) is 12.3. The average molecular weight is 480 g/mol. The van der Waals surface area contributed by atoms with E-state index in [-0.39, 0.29) is 29.9 Å². The van der Waals surface area contributed by atoms with Crippen molar-refractivity contribution in [3.63, 3.8) is 0 Å². The molecule has 32 heavy (non-hydrogen) atoms. The Morgan fingerprint density at radius 2 is 1.91 bits per heavy atom. The van der Waals surface area contributed by atoms with Gasteiger partial charge in [-0.1, -0.05) is 23.7 Å². The highest BCUT2D eigenvalue weighted by molar-refractivity contribution is 7.89. The van der Waals surface area contributed by atoms with Crippen LogP contribution in [0.2, 0.25) is 5.02 Å². The van der Waals surface area contributed by atoms with Gasteiger partial charge in [0.15, 0.2) is 0 Å². The van der Waals surface area contributed by atoms with E-state index in [9.17, 15) is 18.3 Å². The van der Waals surface area contributed by atoms with Crippen LogP contribution in [0.25, 0.3) is 0 Å². The standard InChI is InChI=1S/C24H30ClNO5S/c1-24(2,3)31-23(28)11-4-17-12-16(15-27)13-18-14-20(7-10-22(17)18)26-32(29,30)21-8-5-19(25)6-9-21/h5-6,8-9,12-13,20,26-27H,4,7,10-11,14-15H2,1-3H3. The molecular weight excluding hydrogens is 450 g/mol. The second-order valence-electron chi connectivity index (χ2n) is 9.15. The number of aryl methyl sites for hydroxylation is 1. The summed E-state index contributed by atoms with van der Waals surface area (Å²) in [5.41, 5.74) is 3.37. The number of carbonyl (C=O) groups excluding carboxylic acids is 1. The predicted molar refractivity (Wildman–Crippen MR) is 124 cm³/mol. The van der Waals surface area contributed by atoms with E-state index < -0.39 is 15.6 Å². The predicted octanol–water partition coefficient (Wildman–Crippen LogP) is 3.94. The van der Waals surface area contributed by atoms with Gasteiger partial charge in [0.05, 0.1) is 11.5 Å². The first-order valence-corrected chi connectivity index (χ1v) is 12.6. The normalized spacial score (nSPS) is 16.5. The summed E-state index contributed by atoms with van der Waals surface area (Å²) in [7, 11) is -3.66. The highest BCUT2D eigenvalue weighted by Gasteiger charge is 2.26. The van der Waals surface area contributed by atoms with Crippen LogP contribution in [0.3, 0.4) is 0 Å². The van der Waals surface area contributed by atoms with Crippen molar-refractivity contribution >= 4 is 27.6 Å². The van der Waals surface area contributed by atoms with Crippen molar-refractivity contribution in [2.75, 3.05) is 0 Å². The first-order chi connectivity index (χ1) is 15.0. The van der Waals surface area contributed by atoms with Gasteiger partial charge >= 0.3 is 5.97 Å². The number of nitrogens with one attached hydrogen (secondary N) is 1. The molecule has 0 heterocycles. The summed E-state index contributed by atoms with van der Waals surface area (Å²) in [6.07, 6.45) is 2.64. The zero-order chi connectivity index (χ0) is 23.5. The molecule has 0 spiro atoms. The van der Waals surface area contributed by atoms with Gasteiger partial charge in [0.2, 0.25) is 10.0 Å². The Kier molecular flexibility index (Phi) is 7.65. The molecule has 2 aromatic rings. The maximum Gasteiger partial charge on any atom is 0.306 e. The van der Waals surface area contributed by atoms with E-state index in [0.717, 1.165) is 22.3 Å². The van der Waals surface area contributed by atoms with Gasteiger partial charge in [-0.3, -0.25) is 4.79 Å². The molecule has 0 radical (unpaired) electrons. The second-order valence-corrected chi connectivity index (χ2v) is 11.3. The minimum absolute atomic E-state index is 0.117. The average Bonchev–Trinajstić information content (AvgIpc) is 2.70. The van der Waals surface area contributed by atoms with Crippen LogP contribution in [-0.4, -0.2) is 31.1 Å². The molecular formula is C24H30ClNO5S. The Hall–Kier alpha value is -1.93. The van der Waals surface area contributed by atoms with Gasteiger partial charge in [0, 0.05) is 17.5 Å². The summed E-state index contributed by atoms with van der Waals surface area (Å²) in [5.74, 6) is -0.259. The van der Waals surface area contributed by atoms with Crippen molar-refractivity contribution in [2.45, 2.75) is 76.0 Å². The van der Waals surface area contributed by atoms with Gasteiger partial charge in [-0.25, -0.2) is 13.1 Å². The van der Waals surface area contributed by atoms with Crippen LogP contribution in [0.5, 0.6) is 0 Å². The van der Waals surface area contributed by atoms with Gasteiger partial charge in [-0.2, -0.15) is 0 Å². The topological polar surface area (TPSA) is 92.7 Å². The molecule has 1 unspecified atom stereocenters. The summed E-state index contributed by atoms with van der Waals surface area (Å²) < 4.78 is 33.7. The molecule has 0 aliphatic heterocycles. The number of benzene rings is 2. The molecule has 2 aromatic carbocycles. The fraction of sp³-hybridized carbons (Fsp3) is 0.458. The Labute approximate surface area is 195 Å². The smallest absolute Gasteiger partial charge is 0.306 e. The zero-order valence-corrected chi connectivity index (χ0v) is 20.2. The molecule has 0 aromatic heterocycles. The van der Waals surface area contributed by atoms with Crippen molar-refractivity contribution in [2.24, 2.45) is 0 Å². The van der Waals surface area contributed by atoms with Crippen LogP contribution in [0.4, 0.5) is 0 Å². The number of hydrogen-bond donors (Lipinski definition) is 2. The number of ether oxygens (including phenoxy) is 1. The molecule has 3 rings (SSSR count). The number of fused-ring (bicyclic) bond motifs is 1. The van der Waals surface area contributed by atoms with E-state index in [2.05, 4.69) is 4.72 Å². The maximum absolute atomic E-state index is 12.8. The number of aliphatic hydroxyl groups is 1. The van der Waals surface area contributed by atoms with Crippen LogP contribution < -0.4 is 4.72 Å². The Morgan fingerprint density at radius 3 is 2.53 bits per heavy atom. The highest BCUT2D eigenvalue weighted by atomic mass is 35.5. The number of carbonyl (C=O) groups is 1. The number of rotatable bonds is 7. The summed E-state index contributed by atoms with van der Waals surface area (Å²) in [6.45, 7) is 5.40. The quantitative estimate of drug-likeness (QED) is 0.587. The van der Waals surface area contributed by atoms with Crippen LogP contribution in [0.15, 0.2) is 41.3 Å². The lowest BCUT2D eigenvalue weighted by Gasteiger charge is -2.28. The third-order valence-corrected chi connectivity index (χ3v) is 7.14. The first kappa shape index (κ1) is 24.7. The summed E-state index contributed by atoms with van der Waals surface area (Å²) in [6, 6.07) is 9.68. The molecule has 6 nitrogen and oxygen atoms in total. The second kappa shape index (κ2) is 9.91. The van der Waals surface area contributed by atoms with Crippen molar-refractivity contribution < 1.29 is 23.1 Å². The third-order valence-electron chi connectivity index (χ3n) is 5.35. The highest BCUT2D eigenvalue weighted by Crippen LogP contribution is 2.29. The minimum atomic E-state index is -3.66. The van der Waals surface area contributed by atoms with E-state index in [1.165, 1.54) is 12.1 Å². The Balaban J connectivity index is 1.75. The lowest BCUT2D eigenvalue weighted by Crippen LogP contribution is -2.39. The lowest BCUT2D eigenvalue weighted by atomic mass is 9.83. The zero-order valence-electron chi connectivity index (χ0n) is 18.7. The van der Waals surface area contributed by atoms with Gasteiger partial charge in [0.25, 0.3) is 0 Å². The van der Waals surface area contributed by atoms with Gasteiger partial charge < -0.3 is 9.84 Å². The molecule has 0 saturated carbocycles. The molecule has 0 saturated heterocycles. The van der Waals surface area contributed by atoms with Crippen molar-refractivity contribution in [1.82, 2.24) is 4.72 Å². The first-order valence-electron chi connectivity index (χ1n) is 10.7. The van der Waals surface area contributed by atoms with Gasteiger partial charge in [-0.05, 0) is 93.0 Å². The SMILES string of the molecule is CC(C)(C)OC(=O)CCc1cc(CO)cc2c1CCC(NS(=O)(=O)c1ccc(Cl)cc1)C2. The summed E-state index contributed by atoms with van der Waals surface area (Å²) >= 11 is 5.87. The monoisotopic (exact) mass is 479 g/mol. The number of aliphatic hydroxyl groups excluding tert-OH is 1. The van der Waals surface area contributed by atoms with E-state index in [1.54, 1.807) is 12.1 Å². The van der Waals surface area contributed by atoms with E-state index in [4.69, 9.17) is 16.3 Å². The van der Waals surface area contributed by atoms with Crippen LogP contribution >= 0.6 is 11.6 Å². The molecule has 174 valence electrons. The Morgan fingerprint density at radius 1 is 1.22 bits per heavy atom. The van der Waals surface area contributed by atoms with Crippen LogP contribution in [0, 0.1) is 0 Å². The largest absolute Gasteiger partial charge is 0.460 e. The molecule has 1 aliphatic rings. The summed E-state index contributed by atoms with van der Waals surface area (Å²) in [5, 5.41) is 10.2. The molecule has 0 fully saturated rings. The fourth-order valence-electron chi connectivity index (χ4n) is 4.00. The number of halogens is 1. The third kappa shape index (κ3) is 6.54. The molecule has 2 N–H and O–H groups in total. The number of hydrogen-bond acceptors (Lipinski definition) is 5. The molecule has 1 atom stereocenters. The molecule has 0 amide bonds. The van der Waals surface area contributed by atoms with Gasteiger partial charge in [-0.15, -0.1) is 0 Å². The van der Waals surface area contributed by atoms with Gasteiger partial charge in [0.1, 0.15) is 5.60 Å². The molecule has 1 aliphatic carbocycles.